The van der Waals surface area contributed by atoms with Crippen LogP contribution in [0.15, 0.2) is 42.5 Å². The minimum atomic E-state index is -0.394. The zero-order chi connectivity index (χ0) is 16.2. The summed E-state index contributed by atoms with van der Waals surface area (Å²) < 4.78 is 0. The number of benzene rings is 1. The lowest BCUT2D eigenvalue weighted by molar-refractivity contribution is 0.0787. The fourth-order valence-electron chi connectivity index (χ4n) is 2.51. The number of carbonyl (C=O) groups excluding carboxylic acids is 2. The number of carbonyl (C=O) groups is 2. The smallest absolute Gasteiger partial charge is 0.274 e. The van der Waals surface area contributed by atoms with Crippen LogP contribution in [-0.4, -0.2) is 34.8 Å². The first-order chi connectivity index (χ1) is 11.1. The molecule has 2 aromatic rings. The Balaban J connectivity index is 1.77. The summed E-state index contributed by atoms with van der Waals surface area (Å²) in [7, 11) is 0. The number of pyridine rings is 1. The van der Waals surface area contributed by atoms with E-state index in [0.717, 1.165) is 25.9 Å². The van der Waals surface area contributed by atoms with Gasteiger partial charge in [0.1, 0.15) is 11.4 Å². The highest BCUT2D eigenvalue weighted by Gasteiger charge is 2.21. The number of nitrogens with one attached hydrogen (secondary N) is 1. The monoisotopic (exact) mass is 329 g/mol. The minimum Gasteiger partial charge on any atom is -0.337 e. The Bertz CT molecular complexity index is 742. The molecule has 3 rings (SSSR count). The Kier molecular flexibility index (Phi) is 4.57. The number of anilines is 1. The number of para-hydroxylation sites is 1. The molecule has 0 bridgehead atoms. The van der Waals surface area contributed by atoms with Gasteiger partial charge in [0.05, 0.1) is 10.7 Å². The number of halogens is 1. The molecule has 1 saturated heterocycles. The summed E-state index contributed by atoms with van der Waals surface area (Å²) in [5.41, 5.74) is 0.992. The topological polar surface area (TPSA) is 62.3 Å². The van der Waals surface area contributed by atoms with E-state index in [1.165, 1.54) is 0 Å². The predicted octanol–water partition coefficient (Wildman–Crippen LogP) is 3.22. The number of likely N-dealkylation sites (tertiary alicyclic amines) is 1. The highest BCUT2D eigenvalue weighted by atomic mass is 35.5. The van der Waals surface area contributed by atoms with E-state index in [-0.39, 0.29) is 11.6 Å². The van der Waals surface area contributed by atoms with E-state index in [9.17, 15) is 9.59 Å². The van der Waals surface area contributed by atoms with Crippen LogP contribution in [0.1, 0.15) is 33.8 Å². The van der Waals surface area contributed by atoms with Gasteiger partial charge in [-0.3, -0.25) is 9.59 Å². The van der Waals surface area contributed by atoms with E-state index in [4.69, 9.17) is 11.6 Å². The zero-order valence-corrected chi connectivity index (χ0v) is 13.2. The Hall–Kier alpha value is -2.40. The van der Waals surface area contributed by atoms with Crippen LogP contribution in [-0.2, 0) is 0 Å². The first-order valence-corrected chi connectivity index (χ1v) is 7.85. The van der Waals surface area contributed by atoms with Gasteiger partial charge in [-0.25, -0.2) is 4.98 Å². The third-order valence-electron chi connectivity index (χ3n) is 3.72. The van der Waals surface area contributed by atoms with Crippen molar-refractivity contribution in [2.45, 2.75) is 12.8 Å². The lowest BCUT2D eigenvalue weighted by atomic mass is 10.2. The van der Waals surface area contributed by atoms with Gasteiger partial charge >= 0.3 is 0 Å². The maximum atomic E-state index is 12.3. The molecule has 1 fully saturated rings. The number of hydrogen-bond acceptors (Lipinski definition) is 3. The molecule has 2 heterocycles. The molecule has 23 heavy (non-hydrogen) atoms. The molecule has 0 unspecified atom stereocenters. The summed E-state index contributed by atoms with van der Waals surface area (Å²) in [6.07, 6.45) is 2.02. The molecule has 1 N–H and O–H groups in total. The highest BCUT2D eigenvalue weighted by Crippen LogP contribution is 2.21. The molecule has 1 aliphatic heterocycles. The Labute approximate surface area is 139 Å². The summed E-state index contributed by atoms with van der Waals surface area (Å²) in [6, 6.07) is 11.8. The maximum absolute atomic E-state index is 12.3. The minimum absolute atomic E-state index is 0.130. The van der Waals surface area contributed by atoms with E-state index < -0.39 is 5.91 Å². The van der Waals surface area contributed by atoms with Crippen LogP contribution in [0.3, 0.4) is 0 Å². The first kappa shape index (κ1) is 15.5. The average Bonchev–Trinajstić information content (AvgIpc) is 3.11. The molecule has 0 aliphatic carbocycles. The molecule has 2 amide bonds. The quantitative estimate of drug-likeness (QED) is 0.940. The van der Waals surface area contributed by atoms with Crippen molar-refractivity contribution >= 4 is 29.1 Å². The molecule has 6 heteroatoms. The van der Waals surface area contributed by atoms with E-state index in [0.29, 0.717) is 16.4 Å². The molecule has 0 saturated carbocycles. The maximum Gasteiger partial charge on any atom is 0.274 e. The Morgan fingerprint density at radius 3 is 2.43 bits per heavy atom. The van der Waals surface area contributed by atoms with Crippen LogP contribution in [0.5, 0.6) is 0 Å². The van der Waals surface area contributed by atoms with Gasteiger partial charge in [0.25, 0.3) is 11.8 Å². The lowest BCUT2D eigenvalue weighted by Crippen LogP contribution is -2.29. The number of nitrogens with zero attached hydrogens (tertiary/aromatic N) is 2. The van der Waals surface area contributed by atoms with Crippen molar-refractivity contribution in [2.24, 2.45) is 0 Å². The van der Waals surface area contributed by atoms with Crippen molar-refractivity contribution in [1.82, 2.24) is 9.88 Å². The van der Waals surface area contributed by atoms with Crippen molar-refractivity contribution in [3.05, 3.63) is 58.9 Å². The molecular weight excluding hydrogens is 314 g/mol. The summed E-state index contributed by atoms with van der Waals surface area (Å²) >= 11 is 6.03. The SMILES string of the molecule is O=C(Nc1ccccc1Cl)c1cccc(C(=O)N2CCCC2)n1. The van der Waals surface area contributed by atoms with Crippen LogP contribution in [0.25, 0.3) is 0 Å². The fourth-order valence-corrected chi connectivity index (χ4v) is 2.69. The highest BCUT2D eigenvalue weighted by molar-refractivity contribution is 6.33. The lowest BCUT2D eigenvalue weighted by Gasteiger charge is -2.14. The van der Waals surface area contributed by atoms with Crippen LogP contribution in [0, 0.1) is 0 Å². The molecular formula is C17H16ClN3O2. The summed E-state index contributed by atoms with van der Waals surface area (Å²) in [6.45, 7) is 1.49. The van der Waals surface area contributed by atoms with E-state index in [1.54, 1.807) is 47.4 Å². The molecule has 0 radical (unpaired) electrons. The fraction of sp³-hybridized carbons (Fsp3) is 0.235. The van der Waals surface area contributed by atoms with Gasteiger partial charge in [-0.2, -0.15) is 0 Å². The van der Waals surface area contributed by atoms with E-state index >= 15 is 0 Å². The van der Waals surface area contributed by atoms with Gasteiger partial charge in [0, 0.05) is 13.1 Å². The summed E-state index contributed by atoms with van der Waals surface area (Å²) in [4.78, 5) is 30.6. The van der Waals surface area contributed by atoms with Gasteiger partial charge in [0.2, 0.25) is 0 Å². The number of amides is 2. The Morgan fingerprint density at radius 1 is 1.00 bits per heavy atom. The molecule has 0 atom stereocenters. The third kappa shape index (κ3) is 3.51. The first-order valence-electron chi connectivity index (χ1n) is 7.47. The van der Waals surface area contributed by atoms with Crippen molar-refractivity contribution in [2.75, 3.05) is 18.4 Å². The molecule has 0 spiro atoms. The van der Waals surface area contributed by atoms with Crippen molar-refractivity contribution < 1.29 is 9.59 Å². The van der Waals surface area contributed by atoms with Crippen LogP contribution in [0.4, 0.5) is 5.69 Å². The van der Waals surface area contributed by atoms with E-state index in [2.05, 4.69) is 10.3 Å². The van der Waals surface area contributed by atoms with Gasteiger partial charge in [-0.15, -0.1) is 0 Å². The third-order valence-corrected chi connectivity index (χ3v) is 4.05. The second-order valence-electron chi connectivity index (χ2n) is 5.34. The molecule has 118 valence electrons. The number of hydrogen-bond donors (Lipinski definition) is 1. The zero-order valence-electron chi connectivity index (χ0n) is 12.5. The second-order valence-corrected chi connectivity index (χ2v) is 5.75. The summed E-state index contributed by atoms with van der Waals surface area (Å²) in [5, 5.41) is 3.15. The van der Waals surface area contributed by atoms with Crippen LogP contribution in [0.2, 0.25) is 5.02 Å². The molecule has 5 nitrogen and oxygen atoms in total. The van der Waals surface area contributed by atoms with Gasteiger partial charge < -0.3 is 10.2 Å². The van der Waals surface area contributed by atoms with Gasteiger partial charge in [-0.05, 0) is 37.1 Å². The average molecular weight is 330 g/mol. The second kappa shape index (κ2) is 6.79. The van der Waals surface area contributed by atoms with Crippen molar-refractivity contribution in [1.29, 1.82) is 0 Å². The van der Waals surface area contributed by atoms with Crippen LogP contribution >= 0.6 is 11.6 Å². The number of rotatable bonds is 3. The standard InChI is InChI=1S/C17H16ClN3O2/c18-12-6-1-2-7-13(12)20-16(22)14-8-5-9-15(19-14)17(23)21-10-3-4-11-21/h1-2,5-9H,3-4,10-11H2,(H,20,22). The van der Waals surface area contributed by atoms with Crippen LogP contribution < -0.4 is 5.32 Å². The largest absolute Gasteiger partial charge is 0.337 e. The summed E-state index contributed by atoms with van der Waals surface area (Å²) in [5.74, 6) is -0.524. The predicted molar refractivity (Wildman–Crippen MR) is 88.8 cm³/mol. The van der Waals surface area contributed by atoms with Gasteiger partial charge in [-0.1, -0.05) is 29.8 Å². The molecule has 1 aromatic heterocycles. The molecule has 1 aliphatic rings. The Morgan fingerprint density at radius 2 is 1.70 bits per heavy atom. The normalized spacial score (nSPS) is 13.9. The van der Waals surface area contributed by atoms with Gasteiger partial charge in [0.15, 0.2) is 0 Å². The molecule has 1 aromatic carbocycles. The number of aromatic nitrogens is 1. The van der Waals surface area contributed by atoms with E-state index in [1.807, 2.05) is 0 Å². The van der Waals surface area contributed by atoms with Crippen molar-refractivity contribution in [3.8, 4) is 0 Å². The van der Waals surface area contributed by atoms with Crippen molar-refractivity contribution in [3.63, 3.8) is 0 Å².